The molecule has 1 unspecified atom stereocenters. The third kappa shape index (κ3) is 4.48. The molecule has 2 aromatic rings. The van der Waals surface area contributed by atoms with Gasteiger partial charge in [0.05, 0.1) is 4.90 Å². The highest BCUT2D eigenvalue weighted by Gasteiger charge is 2.21. The maximum atomic E-state index is 12.6. The molecule has 1 heterocycles. The molecule has 3 rings (SSSR count). The van der Waals surface area contributed by atoms with Gasteiger partial charge in [0.15, 0.2) is 11.5 Å². The first-order chi connectivity index (χ1) is 13.5. The predicted octanol–water partition coefficient (Wildman–Crippen LogP) is 3.34. The van der Waals surface area contributed by atoms with Gasteiger partial charge in [0.1, 0.15) is 13.2 Å². The highest BCUT2D eigenvalue weighted by Crippen LogP contribution is 2.31. The number of sulfonamides is 1. The molecule has 1 aliphatic rings. The molecule has 0 bridgehead atoms. The van der Waals surface area contributed by atoms with Crippen LogP contribution in [0.15, 0.2) is 47.4 Å². The van der Waals surface area contributed by atoms with Crippen LogP contribution in [0.2, 0.25) is 0 Å². The van der Waals surface area contributed by atoms with Crippen molar-refractivity contribution in [3.8, 4) is 11.5 Å². The van der Waals surface area contributed by atoms with E-state index in [0.717, 1.165) is 22.6 Å². The molecule has 0 radical (unpaired) electrons. The van der Waals surface area contributed by atoms with Crippen LogP contribution in [0.4, 0.5) is 0 Å². The molecule has 0 amide bonds. The molecule has 0 saturated heterocycles. The van der Waals surface area contributed by atoms with Crippen molar-refractivity contribution >= 4 is 10.0 Å². The first kappa shape index (κ1) is 20.6. The van der Waals surface area contributed by atoms with Gasteiger partial charge in [0, 0.05) is 25.7 Å². The molecule has 1 N–H and O–H groups in total. The maximum Gasteiger partial charge on any atom is 0.243 e. The number of nitrogens with zero attached hydrogens (tertiary/aromatic N) is 1. The van der Waals surface area contributed by atoms with E-state index in [2.05, 4.69) is 12.2 Å². The van der Waals surface area contributed by atoms with Crippen LogP contribution in [0.3, 0.4) is 0 Å². The number of rotatable bonds is 8. The van der Waals surface area contributed by atoms with Crippen molar-refractivity contribution in [2.45, 2.75) is 38.3 Å². The van der Waals surface area contributed by atoms with E-state index < -0.39 is 10.0 Å². The minimum Gasteiger partial charge on any atom is -0.486 e. The van der Waals surface area contributed by atoms with Gasteiger partial charge in [0.25, 0.3) is 0 Å². The molecule has 0 aromatic heterocycles. The Hall–Kier alpha value is -2.09. The van der Waals surface area contributed by atoms with E-state index in [1.54, 1.807) is 12.1 Å². The zero-order chi connectivity index (χ0) is 20.1. The highest BCUT2D eigenvalue weighted by atomic mass is 32.2. The quantitative estimate of drug-likeness (QED) is 0.731. The second kappa shape index (κ2) is 8.94. The Labute approximate surface area is 167 Å². The van der Waals surface area contributed by atoms with Crippen LogP contribution >= 0.6 is 0 Å². The Balaban J connectivity index is 1.64. The summed E-state index contributed by atoms with van der Waals surface area (Å²) in [7, 11) is -3.42. The van der Waals surface area contributed by atoms with Gasteiger partial charge >= 0.3 is 0 Å². The van der Waals surface area contributed by atoms with E-state index in [9.17, 15) is 8.42 Å². The third-order valence-electron chi connectivity index (χ3n) is 4.94. The van der Waals surface area contributed by atoms with Crippen molar-refractivity contribution in [1.29, 1.82) is 0 Å². The lowest BCUT2D eigenvalue weighted by molar-refractivity contribution is 0.171. The van der Waals surface area contributed by atoms with E-state index >= 15 is 0 Å². The highest BCUT2D eigenvalue weighted by molar-refractivity contribution is 7.89. The molecule has 7 heteroatoms. The number of benzene rings is 2. The van der Waals surface area contributed by atoms with Gasteiger partial charge in [-0.05, 0) is 42.3 Å². The number of nitrogens with one attached hydrogen (secondary N) is 1. The standard InChI is InChI=1S/C21H28N2O4S/c1-4-23(5-2)28(24,25)19-9-7-18(8-10-19)16(3)22-15-17-6-11-20-21(14-17)27-13-12-26-20/h6-11,14,16,22H,4-5,12-13,15H2,1-3H3. The second-order valence-electron chi connectivity index (χ2n) is 6.74. The van der Waals surface area contributed by atoms with Crippen molar-refractivity contribution in [3.05, 3.63) is 53.6 Å². The first-order valence-corrected chi connectivity index (χ1v) is 11.1. The van der Waals surface area contributed by atoms with E-state index in [4.69, 9.17) is 9.47 Å². The Bertz CT molecular complexity index is 893. The molecule has 0 spiro atoms. The number of hydrogen-bond acceptors (Lipinski definition) is 5. The fourth-order valence-electron chi connectivity index (χ4n) is 3.23. The molecule has 1 aliphatic heterocycles. The summed E-state index contributed by atoms with van der Waals surface area (Å²) in [6.45, 7) is 8.52. The number of ether oxygens (including phenoxy) is 2. The molecule has 1 atom stereocenters. The zero-order valence-electron chi connectivity index (χ0n) is 16.6. The molecular weight excluding hydrogens is 376 g/mol. The third-order valence-corrected chi connectivity index (χ3v) is 7.01. The fraction of sp³-hybridized carbons (Fsp3) is 0.429. The molecule has 0 saturated carbocycles. The summed E-state index contributed by atoms with van der Waals surface area (Å²) in [6, 6.07) is 13.1. The summed E-state index contributed by atoms with van der Waals surface area (Å²) in [4.78, 5) is 0.332. The van der Waals surface area contributed by atoms with Crippen molar-refractivity contribution < 1.29 is 17.9 Å². The van der Waals surface area contributed by atoms with E-state index in [1.165, 1.54) is 4.31 Å². The van der Waals surface area contributed by atoms with Crippen molar-refractivity contribution in [1.82, 2.24) is 9.62 Å². The molecule has 0 fully saturated rings. The van der Waals surface area contributed by atoms with Crippen molar-refractivity contribution in [3.63, 3.8) is 0 Å². The minimum absolute atomic E-state index is 0.0819. The van der Waals surface area contributed by atoms with Crippen LogP contribution in [0.25, 0.3) is 0 Å². The average Bonchev–Trinajstić information content (AvgIpc) is 2.72. The fourth-order valence-corrected chi connectivity index (χ4v) is 4.69. The molecule has 28 heavy (non-hydrogen) atoms. The number of fused-ring (bicyclic) bond motifs is 1. The molecule has 2 aromatic carbocycles. The van der Waals surface area contributed by atoms with Gasteiger partial charge in [-0.15, -0.1) is 0 Å². The Morgan fingerprint density at radius 1 is 1.00 bits per heavy atom. The van der Waals surface area contributed by atoms with E-state index in [-0.39, 0.29) is 6.04 Å². The van der Waals surface area contributed by atoms with Crippen LogP contribution < -0.4 is 14.8 Å². The van der Waals surface area contributed by atoms with E-state index in [0.29, 0.717) is 37.7 Å². The largest absolute Gasteiger partial charge is 0.486 e. The normalized spacial score (nSPS) is 14.9. The van der Waals surface area contributed by atoms with Crippen LogP contribution in [-0.2, 0) is 16.6 Å². The van der Waals surface area contributed by atoms with Crippen LogP contribution in [0.5, 0.6) is 11.5 Å². The first-order valence-electron chi connectivity index (χ1n) is 9.67. The van der Waals surface area contributed by atoms with Gasteiger partial charge in [0.2, 0.25) is 10.0 Å². The van der Waals surface area contributed by atoms with Gasteiger partial charge in [-0.3, -0.25) is 0 Å². The number of hydrogen-bond donors (Lipinski definition) is 1. The molecule has 0 aliphatic carbocycles. The van der Waals surface area contributed by atoms with Gasteiger partial charge in [-0.25, -0.2) is 8.42 Å². The maximum absolute atomic E-state index is 12.6. The summed E-state index contributed by atoms with van der Waals surface area (Å²) < 4.78 is 37.8. The van der Waals surface area contributed by atoms with Crippen LogP contribution in [0.1, 0.15) is 37.9 Å². The molecular formula is C21H28N2O4S. The summed E-state index contributed by atoms with van der Waals surface area (Å²) in [5.74, 6) is 1.57. The van der Waals surface area contributed by atoms with Crippen LogP contribution in [-0.4, -0.2) is 39.0 Å². The lowest BCUT2D eigenvalue weighted by Crippen LogP contribution is -2.30. The summed E-state index contributed by atoms with van der Waals surface area (Å²) in [6.07, 6.45) is 0. The minimum atomic E-state index is -3.42. The molecule has 6 nitrogen and oxygen atoms in total. The second-order valence-corrected chi connectivity index (χ2v) is 8.68. The molecule has 152 valence electrons. The zero-order valence-corrected chi connectivity index (χ0v) is 17.5. The van der Waals surface area contributed by atoms with Gasteiger partial charge in [-0.1, -0.05) is 32.0 Å². The Morgan fingerprint density at radius 2 is 1.64 bits per heavy atom. The monoisotopic (exact) mass is 404 g/mol. The Kier molecular flexibility index (Phi) is 6.59. The summed E-state index contributed by atoms with van der Waals surface area (Å²) in [5.41, 5.74) is 2.15. The lowest BCUT2D eigenvalue weighted by Gasteiger charge is -2.20. The van der Waals surface area contributed by atoms with E-state index in [1.807, 2.05) is 44.2 Å². The Morgan fingerprint density at radius 3 is 2.29 bits per heavy atom. The summed E-state index contributed by atoms with van der Waals surface area (Å²) in [5, 5.41) is 3.47. The lowest BCUT2D eigenvalue weighted by atomic mass is 10.1. The van der Waals surface area contributed by atoms with Crippen LogP contribution in [0, 0.1) is 0 Å². The van der Waals surface area contributed by atoms with Gasteiger partial charge in [-0.2, -0.15) is 4.31 Å². The van der Waals surface area contributed by atoms with Crippen molar-refractivity contribution in [2.75, 3.05) is 26.3 Å². The van der Waals surface area contributed by atoms with Gasteiger partial charge < -0.3 is 14.8 Å². The SMILES string of the molecule is CCN(CC)S(=O)(=O)c1ccc(C(C)NCc2ccc3c(c2)OCCO3)cc1. The summed E-state index contributed by atoms with van der Waals surface area (Å²) >= 11 is 0. The average molecular weight is 405 g/mol. The smallest absolute Gasteiger partial charge is 0.243 e. The predicted molar refractivity (Wildman–Crippen MR) is 109 cm³/mol. The topological polar surface area (TPSA) is 67.9 Å². The van der Waals surface area contributed by atoms with Crippen molar-refractivity contribution in [2.24, 2.45) is 0 Å².